The molecular weight excluding hydrogens is 418 g/mol. The Kier molecular flexibility index (Phi) is 4.38. The highest BCUT2D eigenvalue weighted by atomic mass is 16.5. The van der Waals surface area contributed by atoms with Crippen LogP contribution in [0.25, 0.3) is 21.7 Å². The molecule has 0 radical (unpaired) electrons. The molecule has 0 aliphatic heterocycles. The van der Waals surface area contributed by atoms with Gasteiger partial charge in [0.2, 0.25) is 5.89 Å². The van der Waals surface area contributed by atoms with Crippen molar-refractivity contribution >= 4 is 21.7 Å². The normalized spacial score (nSPS) is 20.2. The van der Waals surface area contributed by atoms with Gasteiger partial charge in [-0.25, -0.2) is 4.98 Å². The van der Waals surface area contributed by atoms with Gasteiger partial charge in [0.15, 0.2) is 5.82 Å². The molecule has 1 aliphatic carbocycles. The van der Waals surface area contributed by atoms with Crippen LogP contribution in [0.3, 0.4) is 0 Å². The van der Waals surface area contributed by atoms with Gasteiger partial charge in [0, 0.05) is 12.1 Å². The lowest BCUT2D eigenvalue weighted by Gasteiger charge is -2.42. The molecule has 3 aromatic heterocycles. The van der Waals surface area contributed by atoms with E-state index in [1.807, 2.05) is 43.3 Å². The lowest BCUT2D eigenvalue weighted by atomic mass is 9.67. The van der Waals surface area contributed by atoms with Crippen LogP contribution in [0.15, 0.2) is 70.5 Å². The van der Waals surface area contributed by atoms with Gasteiger partial charge in [-0.15, -0.1) is 0 Å². The van der Waals surface area contributed by atoms with Crippen molar-refractivity contribution in [2.24, 2.45) is 0 Å². The molecule has 0 bridgehead atoms. The first kappa shape index (κ1) is 19.8. The van der Waals surface area contributed by atoms with Gasteiger partial charge in [0.25, 0.3) is 5.56 Å². The Balaban J connectivity index is 1.20. The second kappa shape index (κ2) is 7.31. The number of benzene rings is 2. The molecule has 8 heteroatoms. The van der Waals surface area contributed by atoms with E-state index in [2.05, 4.69) is 26.2 Å². The molecule has 0 spiro atoms. The molecule has 8 nitrogen and oxygen atoms in total. The van der Waals surface area contributed by atoms with Crippen molar-refractivity contribution in [1.29, 1.82) is 0 Å². The number of nitrogens with zero attached hydrogens (tertiary/aromatic N) is 5. The van der Waals surface area contributed by atoms with Crippen molar-refractivity contribution in [1.82, 2.24) is 24.7 Å². The van der Waals surface area contributed by atoms with Crippen LogP contribution in [-0.2, 0) is 12.1 Å². The highest BCUT2D eigenvalue weighted by molar-refractivity contribution is 5.83. The van der Waals surface area contributed by atoms with Crippen molar-refractivity contribution in [3.8, 4) is 0 Å². The summed E-state index contributed by atoms with van der Waals surface area (Å²) in [6.45, 7) is 1.97. The fourth-order valence-corrected chi connectivity index (χ4v) is 4.66. The molecule has 1 fully saturated rings. The number of fused-ring (bicyclic) bond motifs is 2. The molecular formula is C25H21N5O3. The van der Waals surface area contributed by atoms with Crippen LogP contribution in [0.2, 0.25) is 0 Å². The molecule has 0 amide bonds. The zero-order chi connectivity index (χ0) is 22.6. The summed E-state index contributed by atoms with van der Waals surface area (Å²) >= 11 is 0. The number of rotatable bonds is 4. The molecule has 0 saturated heterocycles. The second-order valence-corrected chi connectivity index (χ2v) is 8.77. The molecule has 164 valence electrons. The first-order valence-electron chi connectivity index (χ1n) is 10.8. The third-order valence-electron chi connectivity index (χ3n) is 6.54. The van der Waals surface area contributed by atoms with Gasteiger partial charge in [0.1, 0.15) is 6.54 Å². The summed E-state index contributed by atoms with van der Waals surface area (Å²) in [6, 6.07) is 14.2. The average molecular weight is 439 g/mol. The van der Waals surface area contributed by atoms with Gasteiger partial charge in [0.05, 0.1) is 29.0 Å². The quantitative estimate of drug-likeness (QED) is 0.457. The maximum atomic E-state index is 12.9. The van der Waals surface area contributed by atoms with Gasteiger partial charge >= 0.3 is 0 Å². The van der Waals surface area contributed by atoms with E-state index < -0.39 is 5.60 Å². The molecule has 2 aromatic carbocycles. The Hall–Kier alpha value is -3.91. The predicted octanol–water partition coefficient (Wildman–Crippen LogP) is 3.45. The standard InChI is InChI=1S/C25H21N5O3/c1-15-11-26-12-20-22(15)24(31)30(14-27-20)13-21-28-23(29-33-21)18-9-25(32,10-18)19-7-6-16-4-2-3-5-17(16)8-19/h2-8,11-12,14,18,32H,9-10,13H2,1H3/t18-,25+. The maximum Gasteiger partial charge on any atom is 0.262 e. The van der Waals surface area contributed by atoms with Gasteiger partial charge in [-0.1, -0.05) is 41.6 Å². The van der Waals surface area contributed by atoms with Crippen LogP contribution in [0, 0.1) is 6.92 Å². The van der Waals surface area contributed by atoms with E-state index in [-0.39, 0.29) is 18.0 Å². The summed E-state index contributed by atoms with van der Waals surface area (Å²) < 4.78 is 6.87. The van der Waals surface area contributed by atoms with Crippen molar-refractivity contribution in [2.75, 3.05) is 0 Å². The minimum atomic E-state index is -0.903. The summed E-state index contributed by atoms with van der Waals surface area (Å²) in [5.41, 5.74) is 1.16. The van der Waals surface area contributed by atoms with Crippen LogP contribution < -0.4 is 5.56 Å². The molecule has 3 heterocycles. The van der Waals surface area contributed by atoms with Gasteiger partial charge < -0.3 is 9.63 Å². The SMILES string of the molecule is Cc1cncc2ncn(Cc3nc([C@H]4C[C@](O)(c5ccc6ccccc6c5)C4)no3)c(=O)c12. The summed E-state index contributed by atoms with van der Waals surface area (Å²) in [5.74, 6) is 0.887. The number of hydrogen-bond donors (Lipinski definition) is 1. The molecule has 5 aromatic rings. The Morgan fingerprint density at radius 1 is 1.15 bits per heavy atom. The lowest BCUT2D eigenvalue weighted by Crippen LogP contribution is -2.40. The molecule has 1 aliphatic rings. The van der Waals surface area contributed by atoms with Crippen molar-refractivity contribution < 1.29 is 9.63 Å². The van der Waals surface area contributed by atoms with E-state index in [1.165, 1.54) is 10.9 Å². The smallest absolute Gasteiger partial charge is 0.262 e. The number of pyridine rings is 1. The summed E-state index contributed by atoms with van der Waals surface area (Å²) in [7, 11) is 0. The van der Waals surface area contributed by atoms with Crippen LogP contribution in [0.4, 0.5) is 0 Å². The largest absolute Gasteiger partial charge is 0.385 e. The number of aryl methyl sites for hydroxylation is 1. The molecule has 0 unspecified atom stereocenters. The topological polar surface area (TPSA) is 107 Å². The Labute approximate surface area is 188 Å². The van der Waals surface area contributed by atoms with Gasteiger partial charge in [-0.05, 0) is 47.7 Å². The van der Waals surface area contributed by atoms with Crippen LogP contribution >= 0.6 is 0 Å². The second-order valence-electron chi connectivity index (χ2n) is 8.77. The van der Waals surface area contributed by atoms with Crippen molar-refractivity contribution in [3.63, 3.8) is 0 Å². The Morgan fingerprint density at radius 2 is 1.97 bits per heavy atom. The minimum Gasteiger partial charge on any atom is -0.385 e. The fourth-order valence-electron chi connectivity index (χ4n) is 4.66. The molecule has 33 heavy (non-hydrogen) atoms. The van der Waals surface area contributed by atoms with E-state index in [1.54, 1.807) is 12.4 Å². The molecule has 6 rings (SSSR count). The Morgan fingerprint density at radius 3 is 2.82 bits per heavy atom. The van der Waals surface area contributed by atoms with Crippen LogP contribution in [-0.4, -0.2) is 29.8 Å². The molecule has 0 atom stereocenters. The third-order valence-corrected chi connectivity index (χ3v) is 6.54. The van der Waals surface area contributed by atoms with Crippen molar-refractivity contribution in [2.45, 2.75) is 37.8 Å². The fraction of sp³-hybridized carbons (Fsp3) is 0.240. The highest BCUT2D eigenvalue weighted by Gasteiger charge is 2.46. The van der Waals surface area contributed by atoms with E-state index in [0.29, 0.717) is 35.5 Å². The first-order valence-corrected chi connectivity index (χ1v) is 10.8. The van der Waals surface area contributed by atoms with Gasteiger partial charge in [-0.3, -0.25) is 14.3 Å². The minimum absolute atomic E-state index is 0.00117. The number of aromatic nitrogens is 5. The number of hydrogen-bond acceptors (Lipinski definition) is 7. The van der Waals surface area contributed by atoms with Gasteiger partial charge in [-0.2, -0.15) is 4.98 Å². The third kappa shape index (κ3) is 3.30. The van der Waals surface area contributed by atoms with Crippen molar-refractivity contribution in [3.05, 3.63) is 94.4 Å². The summed E-state index contributed by atoms with van der Waals surface area (Å²) in [4.78, 5) is 25.8. The predicted molar refractivity (Wildman–Crippen MR) is 122 cm³/mol. The van der Waals surface area contributed by atoms with E-state index >= 15 is 0 Å². The summed E-state index contributed by atoms with van der Waals surface area (Å²) in [6.07, 6.45) is 5.74. The lowest BCUT2D eigenvalue weighted by molar-refractivity contribution is -0.0572. The van der Waals surface area contributed by atoms with E-state index in [9.17, 15) is 9.90 Å². The summed E-state index contributed by atoms with van der Waals surface area (Å²) in [5, 5.41) is 18.0. The zero-order valence-corrected chi connectivity index (χ0v) is 18.0. The maximum absolute atomic E-state index is 12.9. The molecule has 1 N–H and O–H groups in total. The van der Waals surface area contributed by atoms with E-state index in [4.69, 9.17) is 4.52 Å². The monoisotopic (exact) mass is 439 g/mol. The zero-order valence-electron chi connectivity index (χ0n) is 18.0. The first-order chi connectivity index (χ1) is 16.0. The molecule has 1 saturated carbocycles. The van der Waals surface area contributed by atoms with Crippen LogP contribution in [0.1, 0.15) is 41.6 Å². The average Bonchev–Trinajstić information content (AvgIpc) is 3.26. The van der Waals surface area contributed by atoms with E-state index in [0.717, 1.165) is 21.9 Å². The van der Waals surface area contributed by atoms with Crippen LogP contribution in [0.5, 0.6) is 0 Å². The Bertz CT molecular complexity index is 1570. The number of aliphatic hydroxyl groups is 1. The highest BCUT2D eigenvalue weighted by Crippen LogP contribution is 2.50.